The first-order valence-corrected chi connectivity index (χ1v) is 5.36. The molecule has 0 fully saturated rings. The van der Waals surface area contributed by atoms with E-state index < -0.39 is 12.0 Å². The van der Waals surface area contributed by atoms with Gasteiger partial charge < -0.3 is 4.90 Å². The molecule has 0 heterocycles. The lowest BCUT2D eigenvalue weighted by Crippen LogP contribution is -2.24. The van der Waals surface area contributed by atoms with Gasteiger partial charge in [0.2, 0.25) is 0 Å². The summed E-state index contributed by atoms with van der Waals surface area (Å²) in [5.41, 5.74) is 0.488. The van der Waals surface area contributed by atoms with E-state index in [1.807, 2.05) is 18.7 Å². The van der Waals surface area contributed by atoms with Crippen LogP contribution in [0.4, 0.5) is 18.9 Å². The zero-order valence-corrected chi connectivity index (χ0v) is 9.71. The molecule has 0 aliphatic heterocycles. The maximum absolute atomic E-state index is 12.2. The van der Waals surface area contributed by atoms with Gasteiger partial charge in [-0.25, -0.2) is 0 Å². The van der Waals surface area contributed by atoms with Gasteiger partial charge in [0.1, 0.15) is 0 Å². The molecule has 2 nitrogen and oxygen atoms in total. The third-order valence-corrected chi connectivity index (χ3v) is 2.52. The maximum atomic E-state index is 12.2. The van der Waals surface area contributed by atoms with Crippen molar-refractivity contribution in [2.45, 2.75) is 20.0 Å². The van der Waals surface area contributed by atoms with Crippen molar-refractivity contribution in [3.05, 3.63) is 29.8 Å². The zero-order chi connectivity index (χ0) is 13.1. The second-order valence-corrected chi connectivity index (χ2v) is 3.55. The lowest BCUT2D eigenvalue weighted by atomic mass is 10.1. The number of alkyl halides is 3. The topological polar surface area (TPSA) is 20.3 Å². The van der Waals surface area contributed by atoms with Gasteiger partial charge in [-0.1, -0.05) is 0 Å². The number of carbonyl (C=O) groups is 1. The molecular formula is C12H14F3NO. The molecule has 0 saturated carbocycles. The van der Waals surface area contributed by atoms with Gasteiger partial charge in [0.15, 0.2) is 0 Å². The molecule has 0 spiro atoms. The molecule has 0 aliphatic carbocycles. The molecule has 1 aromatic carbocycles. The zero-order valence-electron chi connectivity index (χ0n) is 9.71. The highest BCUT2D eigenvalue weighted by molar-refractivity contribution is 6.00. The van der Waals surface area contributed by atoms with Crippen LogP contribution in [0.15, 0.2) is 24.3 Å². The minimum Gasteiger partial charge on any atom is -0.372 e. The predicted octanol–water partition coefficient (Wildman–Crippen LogP) is 3.28. The van der Waals surface area contributed by atoms with E-state index in [1.54, 1.807) is 0 Å². The van der Waals surface area contributed by atoms with Crippen molar-refractivity contribution >= 4 is 11.5 Å². The van der Waals surface area contributed by atoms with E-state index in [-0.39, 0.29) is 5.56 Å². The monoisotopic (exact) mass is 245 g/mol. The first-order chi connectivity index (χ1) is 7.90. The standard InChI is InChI=1S/C12H14F3NO/c1-3-16(4-2)10-7-5-9(6-8-10)11(17)12(13,14)15/h5-8H,3-4H2,1-2H3. The van der Waals surface area contributed by atoms with E-state index in [9.17, 15) is 18.0 Å². The van der Waals surface area contributed by atoms with Gasteiger partial charge >= 0.3 is 6.18 Å². The molecule has 0 bridgehead atoms. The number of hydrogen-bond acceptors (Lipinski definition) is 2. The molecular weight excluding hydrogens is 231 g/mol. The minimum atomic E-state index is -4.81. The average Bonchev–Trinajstić information content (AvgIpc) is 2.29. The molecule has 0 aromatic heterocycles. The lowest BCUT2D eigenvalue weighted by molar-refractivity contribution is -0.0885. The SMILES string of the molecule is CCN(CC)c1ccc(C(=O)C(F)(F)F)cc1. The first-order valence-electron chi connectivity index (χ1n) is 5.36. The summed E-state index contributed by atoms with van der Waals surface area (Å²) >= 11 is 0. The van der Waals surface area contributed by atoms with Gasteiger partial charge in [0.05, 0.1) is 0 Å². The molecule has 17 heavy (non-hydrogen) atoms. The Bertz CT molecular complexity index is 380. The highest BCUT2D eigenvalue weighted by Gasteiger charge is 2.39. The van der Waals surface area contributed by atoms with Crippen LogP contribution in [0.5, 0.6) is 0 Å². The summed E-state index contributed by atoms with van der Waals surface area (Å²) in [5.74, 6) is -1.80. The van der Waals surface area contributed by atoms with Crippen LogP contribution in [0.25, 0.3) is 0 Å². The maximum Gasteiger partial charge on any atom is 0.454 e. The van der Waals surface area contributed by atoms with Crippen molar-refractivity contribution in [2.75, 3.05) is 18.0 Å². The van der Waals surface area contributed by atoms with E-state index >= 15 is 0 Å². The van der Waals surface area contributed by atoms with Crippen LogP contribution in [-0.2, 0) is 0 Å². The van der Waals surface area contributed by atoms with E-state index in [1.165, 1.54) is 24.3 Å². The molecule has 0 N–H and O–H groups in total. The normalized spacial score (nSPS) is 11.4. The van der Waals surface area contributed by atoms with Crippen LogP contribution in [0, 0.1) is 0 Å². The van der Waals surface area contributed by atoms with Crippen molar-refractivity contribution in [1.29, 1.82) is 0 Å². The van der Waals surface area contributed by atoms with E-state index in [0.717, 1.165) is 18.8 Å². The summed E-state index contributed by atoms with van der Waals surface area (Å²) in [6.45, 7) is 5.45. The Morgan fingerprint density at radius 3 is 1.94 bits per heavy atom. The molecule has 94 valence electrons. The number of rotatable bonds is 4. The molecule has 0 aliphatic rings. The number of halogens is 3. The molecule has 0 saturated heterocycles. The van der Waals surface area contributed by atoms with Crippen LogP contribution >= 0.6 is 0 Å². The average molecular weight is 245 g/mol. The second kappa shape index (κ2) is 5.21. The quantitative estimate of drug-likeness (QED) is 0.759. The molecule has 0 amide bonds. The predicted molar refractivity (Wildman–Crippen MR) is 60.4 cm³/mol. The van der Waals surface area contributed by atoms with Crippen LogP contribution in [0.2, 0.25) is 0 Å². The van der Waals surface area contributed by atoms with Gasteiger partial charge in [0, 0.05) is 24.3 Å². The Kier molecular flexibility index (Phi) is 4.15. The molecule has 0 atom stereocenters. The van der Waals surface area contributed by atoms with Gasteiger partial charge in [-0.15, -0.1) is 0 Å². The smallest absolute Gasteiger partial charge is 0.372 e. The Hall–Kier alpha value is -1.52. The van der Waals surface area contributed by atoms with Crippen molar-refractivity contribution in [3.63, 3.8) is 0 Å². The van der Waals surface area contributed by atoms with Crippen LogP contribution in [0.1, 0.15) is 24.2 Å². The van der Waals surface area contributed by atoms with E-state index in [0.29, 0.717) is 0 Å². The summed E-state index contributed by atoms with van der Waals surface area (Å²) in [7, 11) is 0. The fourth-order valence-corrected chi connectivity index (χ4v) is 1.58. The third-order valence-electron chi connectivity index (χ3n) is 2.52. The number of ketones is 1. The number of nitrogens with zero attached hydrogens (tertiary/aromatic N) is 1. The lowest BCUT2D eigenvalue weighted by Gasteiger charge is -2.21. The molecule has 0 radical (unpaired) electrons. The second-order valence-electron chi connectivity index (χ2n) is 3.55. The van der Waals surface area contributed by atoms with Crippen molar-refractivity contribution in [3.8, 4) is 0 Å². The number of carbonyl (C=O) groups excluding carboxylic acids is 1. The summed E-state index contributed by atoms with van der Waals surface area (Å²) in [4.78, 5) is 12.9. The summed E-state index contributed by atoms with van der Waals surface area (Å²) in [5, 5.41) is 0. The Balaban J connectivity index is 2.92. The number of anilines is 1. The van der Waals surface area contributed by atoms with E-state index in [2.05, 4.69) is 0 Å². The highest BCUT2D eigenvalue weighted by atomic mass is 19.4. The van der Waals surface area contributed by atoms with Gasteiger partial charge in [-0.3, -0.25) is 4.79 Å². The van der Waals surface area contributed by atoms with Crippen LogP contribution in [-0.4, -0.2) is 25.0 Å². The molecule has 5 heteroatoms. The minimum absolute atomic E-state index is 0.326. The molecule has 1 rings (SSSR count). The Labute approximate surface area is 98.0 Å². The van der Waals surface area contributed by atoms with Gasteiger partial charge in [-0.2, -0.15) is 13.2 Å². The Morgan fingerprint density at radius 2 is 1.59 bits per heavy atom. The summed E-state index contributed by atoms with van der Waals surface area (Å²) in [6, 6.07) is 5.49. The molecule has 1 aromatic rings. The summed E-state index contributed by atoms with van der Waals surface area (Å²) < 4.78 is 36.5. The van der Waals surface area contributed by atoms with Crippen molar-refractivity contribution in [2.24, 2.45) is 0 Å². The molecule has 0 unspecified atom stereocenters. The number of hydrogen-bond donors (Lipinski definition) is 0. The fraction of sp³-hybridized carbons (Fsp3) is 0.417. The fourth-order valence-electron chi connectivity index (χ4n) is 1.58. The van der Waals surface area contributed by atoms with E-state index in [4.69, 9.17) is 0 Å². The largest absolute Gasteiger partial charge is 0.454 e. The van der Waals surface area contributed by atoms with Gasteiger partial charge in [0.25, 0.3) is 5.78 Å². The Morgan fingerprint density at radius 1 is 1.12 bits per heavy atom. The first kappa shape index (κ1) is 13.5. The van der Waals surface area contributed by atoms with Crippen molar-refractivity contribution < 1.29 is 18.0 Å². The van der Waals surface area contributed by atoms with Gasteiger partial charge in [-0.05, 0) is 38.1 Å². The number of Topliss-reactive ketones (excluding diaryl/α,β-unsaturated/α-hetero) is 1. The van der Waals surface area contributed by atoms with Crippen LogP contribution in [0.3, 0.4) is 0 Å². The third kappa shape index (κ3) is 3.22. The highest BCUT2D eigenvalue weighted by Crippen LogP contribution is 2.23. The summed E-state index contributed by atoms with van der Waals surface area (Å²) in [6.07, 6.45) is -4.81. The van der Waals surface area contributed by atoms with Crippen LogP contribution < -0.4 is 4.90 Å². The number of benzene rings is 1. The van der Waals surface area contributed by atoms with Crippen molar-refractivity contribution in [1.82, 2.24) is 0 Å².